The Hall–Kier alpha value is -2.83. The molecule has 0 atom stereocenters. The average Bonchev–Trinajstić information content (AvgIpc) is 3.12. The van der Waals surface area contributed by atoms with E-state index in [1.54, 1.807) is 6.20 Å². The van der Waals surface area contributed by atoms with Crippen molar-refractivity contribution in [1.29, 1.82) is 0 Å². The number of hydrogen-bond donors (Lipinski definition) is 0. The van der Waals surface area contributed by atoms with E-state index < -0.39 is 5.97 Å². The first-order valence-corrected chi connectivity index (χ1v) is 9.13. The summed E-state index contributed by atoms with van der Waals surface area (Å²) in [6.45, 7) is 0. The third kappa shape index (κ3) is 2.37. The van der Waals surface area contributed by atoms with E-state index in [1.165, 1.54) is 12.7 Å². The van der Waals surface area contributed by atoms with Gasteiger partial charge in [-0.05, 0) is 30.4 Å². The minimum atomic E-state index is -0.408. The summed E-state index contributed by atoms with van der Waals surface area (Å²) in [4.78, 5) is 17.3. The maximum absolute atomic E-state index is 12.5. The van der Waals surface area contributed by atoms with Crippen LogP contribution in [0.1, 0.15) is 52.2 Å². The lowest BCUT2D eigenvalue weighted by Crippen LogP contribution is -2.25. The van der Waals surface area contributed by atoms with Gasteiger partial charge < -0.3 is 9.30 Å². The molecule has 6 nitrogen and oxygen atoms in total. The summed E-state index contributed by atoms with van der Waals surface area (Å²) in [5.41, 5.74) is 5.30. The lowest BCUT2D eigenvalue weighted by molar-refractivity contribution is 0.0593. The van der Waals surface area contributed by atoms with Gasteiger partial charge in [-0.1, -0.05) is 23.7 Å². The van der Waals surface area contributed by atoms with Gasteiger partial charge >= 0.3 is 5.97 Å². The lowest BCUT2D eigenvalue weighted by Gasteiger charge is -2.35. The van der Waals surface area contributed by atoms with Gasteiger partial charge in [0.25, 0.3) is 0 Å². The number of hydrogen-bond acceptors (Lipinski definition) is 4. The number of aryl methyl sites for hydroxylation is 1. The zero-order valence-corrected chi connectivity index (χ0v) is 15.3. The molecule has 4 heterocycles. The number of benzene rings is 1. The number of carbonyl (C=O) groups is 1. The summed E-state index contributed by atoms with van der Waals surface area (Å²) < 4.78 is 9.10. The van der Waals surface area contributed by atoms with Crippen LogP contribution in [0.3, 0.4) is 0 Å². The molecule has 1 saturated carbocycles. The van der Waals surface area contributed by atoms with Crippen molar-refractivity contribution in [1.82, 2.24) is 19.3 Å². The minimum Gasteiger partial charge on any atom is -0.464 e. The van der Waals surface area contributed by atoms with E-state index in [2.05, 4.69) is 15.7 Å². The van der Waals surface area contributed by atoms with E-state index in [1.807, 2.05) is 29.9 Å². The first-order valence-electron chi connectivity index (χ1n) is 9.13. The van der Waals surface area contributed by atoms with Gasteiger partial charge in [-0.3, -0.25) is 4.68 Å². The van der Waals surface area contributed by atoms with Gasteiger partial charge in [0.15, 0.2) is 5.69 Å². The van der Waals surface area contributed by atoms with Gasteiger partial charge in [0.1, 0.15) is 13.7 Å². The molecule has 0 N–H and O–H groups in total. The molecule has 3 aliphatic rings. The van der Waals surface area contributed by atoms with Crippen molar-refractivity contribution >= 4 is 19.3 Å². The normalized spacial score (nSPS) is 19.6. The molecule has 0 unspecified atom stereocenters. The number of nitrogens with zero attached hydrogens (tertiary/aromatic N) is 4. The van der Waals surface area contributed by atoms with Crippen LogP contribution >= 0.6 is 0 Å². The largest absolute Gasteiger partial charge is 0.464 e. The van der Waals surface area contributed by atoms with Gasteiger partial charge in [-0.2, -0.15) is 5.10 Å². The van der Waals surface area contributed by atoms with Crippen LogP contribution in [0.5, 0.6) is 0 Å². The molecule has 1 aromatic carbocycles. The highest BCUT2D eigenvalue weighted by Crippen LogP contribution is 2.52. The standard InChI is InChI=1S/C20H19BN4O2/c1-24-13(5-6-22-24)10-17-18(20(26)27-2)23-19-16-9-12(21)3-4-15(16)11-7-14(8-11)25(17)19/h3-6,9,11,14H,7-8,10H2,1-2H3. The van der Waals surface area contributed by atoms with E-state index in [0.717, 1.165) is 35.6 Å². The van der Waals surface area contributed by atoms with E-state index in [-0.39, 0.29) is 0 Å². The molecule has 0 saturated heterocycles. The molecule has 7 heteroatoms. The van der Waals surface area contributed by atoms with E-state index in [9.17, 15) is 4.79 Å². The van der Waals surface area contributed by atoms with Crippen molar-refractivity contribution in [2.24, 2.45) is 7.05 Å². The second kappa shape index (κ2) is 5.84. The molecule has 2 radical (unpaired) electrons. The van der Waals surface area contributed by atoms with Crippen LogP contribution in [0.4, 0.5) is 0 Å². The number of rotatable bonds is 3. The summed E-state index contributed by atoms with van der Waals surface area (Å²) in [5.74, 6) is 0.937. The highest BCUT2D eigenvalue weighted by molar-refractivity contribution is 6.32. The minimum absolute atomic E-state index is 0.341. The smallest absolute Gasteiger partial charge is 0.358 e. The van der Waals surface area contributed by atoms with Crippen molar-refractivity contribution in [3.63, 3.8) is 0 Å². The highest BCUT2D eigenvalue weighted by Gasteiger charge is 2.41. The Morgan fingerprint density at radius 3 is 2.85 bits per heavy atom. The van der Waals surface area contributed by atoms with Crippen LogP contribution in [-0.2, 0) is 18.2 Å². The van der Waals surface area contributed by atoms with Gasteiger partial charge in [-0.25, -0.2) is 9.78 Å². The second-order valence-electron chi connectivity index (χ2n) is 7.38. The predicted molar refractivity (Wildman–Crippen MR) is 101 cm³/mol. The molecule has 2 bridgehead atoms. The van der Waals surface area contributed by atoms with Gasteiger partial charge in [-0.15, -0.1) is 0 Å². The number of ether oxygens (including phenoxy) is 1. The van der Waals surface area contributed by atoms with E-state index in [4.69, 9.17) is 17.6 Å². The Morgan fingerprint density at radius 1 is 1.33 bits per heavy atom. The SMILES string of the molecule is [B]c1ccc2c(c1)-c1nc(C(=O)OC)c(Cc3ccnn3C)n1C1CC2C1. The molecule has 134 valence electrons. The second-order valence-corrected chi connectivity index (χ2v) is 7.38. The topological polar surface area (TPSA) is 61.9 Å². The first kappa shape index (κ1) is 16.4. The Balaban J connectivity index is 1.75. The molecule has 3 aromatic rings. The summed E-state index contributed by atoms with van der Waals surface area (Å²) >= 11 is 0. The van der Waals surface area contributed by atoms with Crippen LogP contribution in [0, 0.1) is 0 Å². The van der Waals surface area contributed by atoms with Crippen LogP contribution in [-0.4, -0.2) is 40.3 Å². The Labute approximate surface area is 158 Å². The lowest BCUT2D eigenvalue weighted by atomic mass is 9.75. The van der Waals surface area contributed by atoms with Crippen molar-refractivity contribution in [2.75, 3.05) is 7.11 Å². The predicted octanol–water partition coefficient (Wildman–Crippen LogP) is 1.89. The monoisotopic (exact) mass is 358 g/mol. The fourth-order valence-corrected chi connectivity index (χ4v) is 4.40. The third-order valence-electron chi connectivity index (χ3n) is 5.90. The molecule has 1 fully saturated rings. The molecule has 6 rings (SSSR count). The molecule has 0 amide bonds. The van der Waals surface area contributed by atoms with Crippen molar-refractivity contribution < 1.29 is 9.53 Å². The summed E-state index contributed by atoms with van der Waals surface area (Å²) in [5, 5.41) is 4.25. The van der Waals surface area contributed by atoms with Crippen molar-refractivity contribution in [3.05, 3.63) is 53.1 Å². The summed E-state index contributed by atoms with van der Waals surface area (Å²) in [6.07, 6.45) is 4.45. The van der Waals surface area contributed by atoms with Crippen LogP contribution < -0.4 is 5.46 Å². The molecular weight excluding hydrogens is 339 g/mol. The summed E-state index contributed by atoms with van der Waals surface area (Å²) in [7, 11) is 9.37. The quantitative estimate of drug-likeness (QED) is 0.530. The number of methoxy groups -OCH3 is 1. The van der Waals surface area contributed by atoms with Gasteiger partial charge in [0, 0.05) is 37.0 Å². The van der Waals surface area contributed by atoms with E-state index >= 15 is 0 Å². The fraction of sp³-hybridized carbons (Fsp3) is 0.350. The number of esters is 1. The fourth-order valence-electron chi connectivity index (χ4n) is 4.40. The number of imidazole rings is 1. The van der Waals surface area contributed by atoms with Crippen LogP contribution in [0.25, 0.3) is 11.4 Å². The molecule has 0 spiro atoms. The highest BCUT2D eigenvalue weighted by atomic mass is 16.5. The molecule has 1 aliphatic carbocycles. The average molecular weight is 358 g/mol. The Kier molecular flexibility index (Phi) is 3.54. The van der Waals surface area contributed by atoms with Crippen LogP contribution in [0.2, 0.25) is 0 Å². The molecule has 2 aromatic heterocycles. The third-order valence-corrected chi connectivity index (χ3v) is 5.90. The van der Waals surface area contributed by atoms with Gasteiger partial charge in [0.2, 0.25) is 0 Å². The Bertz CT molecular complexity index is 1060. The zero-order chi connectivity index (χ0) is 18.7. The first-order chi connectivity index (χ1) is 13.1. The molecular formula is C20H19BN4O2. The Morgan fingerprint density at radius 2 is 2.15 bits per heavy atom. The van der Waals surface area contributed by atoms with Crippen LogP contribution in [0.15, 0.2) is 30.5 Å². The van der Waals surface area contributed by atoms with E-state index in [0.29, 0.717) is 29.5 Å². The summed E-state index contributed by atoms with van der Waals surface area (Å²) in [6, 6.07) is 8.33. The zero-order valence-electron chi connectivity index (χ0n) is 15.3. The molecule has 2 aliphatic heterocycles. The van der Waals surface area contributed by atoms with Crippen molar-refractivity contribution in [2.45, 2.75) is 31.2 Å². The number of carbonyl (C=O) groups excluding carboxylic acids is 1. The van der Waals surface area contributed by atoms with Gasteiger partial charge in [0.05, 0.1) is 12.8 Å². The molecule has 27 heavy (non-hydrogen) atoms. The maximum Gasteiger partial charge on any atom is 0.358 e. The maximum atomic E-state index is 12.5. The van der Waals surface area contributed by atoms with Crippen molar-refractivity contribution in [3.8, 4) is 11.4 Å². The number of aromatic nitrogens is 4.